The predicted octanol–water partition coefficient (Wildman–Crippen LogP) is -0.0445. The van der Waals surface area contributed by atoms with Gasteiger partial charge < -0.3 is 9.80 Å². The zero-order chi connectivity index (χ0) is 18.8. The first-order chi connectivity index (χ1) is 13.1. The van der Waals surface area contributed by atoms with Gasteiger partial charge in [0.2, 0.25) is 5.91 Å². The molecule has 2 aliphatic rings. The zero-order valence-electron chi connectivity index (χ0n) is 15.2. The third kappa shape index (κ3) is 3.90. The Labute approximate surface area is 164 Å². The Balaban J connectivity index is 1.38. The van der Waals surface area contributed by atoms with Crippen LogP contribution in [0.15, 0.2) is 54.6 Å². The fourth-order valence-corrected chi connectivity index (χ4v) is 4.27. The van der Waals surface area contributed by atoms with Crippen LogP contribution in [0.25, 0.3) is 0 Å². The van der Waals surface area contributed by atoms with E-state index in [9.17, 15) is 9.59 Å². The van der Waals surface area contributed by atoms with Gasteiger partial charge in [-0.15, -0.1) is 0 Å². The Morgan fingerprint density at radius 2 is 1.59 bits per heavy atom. The van der Waals surface area contributed by atoms with Gasteiger partial charge in [-0.3, -0.25) is 9.59 Å². The fourth-order valence-electron chi connectivity index (χ4n) is 4.15. The lowest BCUT2D eigenvalue weighted by molar-refractivity contribution is -1.02. The van der Waals surface area contributed by atoms with Crippen LogP contribution in [0.4, 0.5) is 5.69 Å². The Kier molecular flexibility index (Phi) is 5.25. The molecule has 0 bridgehead atoms. The van der Waals surface area contributed by atoms with Crippen molar-refractivity contribution in [2.75, 3.05) is 31.1 Å². The molecule has 2 aromatic carbocycles. The normalized spacial score (nSPS) is 25.8. The second-order valence-electron chi connectivity index (χ2n) is 7.37. The minimum atomic E-state index is -0.258. The van der Waals surface area contributed by atoms with Gasteiger partial charge in [-0.05, 0) is 24.3 Å². The molecule has 140 valence electrons. The molecule has 2 aromatic rings. The molecule has 0 aromatic heterocycles. The molecule has 2 heterocycles. The van der Waals surface area contributed by atoms with Crippen LogP contribution in [-0.4, -0.2) is 44.0 Å². The van der Waals surface area contributed by atoms with Crippen molar-refractivity contribution in [3.05, 3.63) is 65.2 Å². The van der Waals surface area contributed by atoms with Gasteiger partial charge in [0.05, 0.1) is 12.1 Å². The first-order valence-electron chi connectivity index (χ1n) is 9.46. The smallest absolute Gasteiger partial charge is 0.292 e. The van der Waals surface area contributed by atoms with Crippen LogP contribution in [0.5, 0.6) is 0 Å². The van der Waals surface area contributed by atoms with E-state index < -0.39 is 0 Å². The number of hydrogen-bond donors (Lipinski definition) is 2. The molecule has 1 atom stereocenters. The van der Waals surface area contributed by atoms with E-state index in [-0.39, 0.29) is 17.9 Å². The van der Waals surface area contributed by atoms with Crippen LogP contribution in [0, 0.1) is 0 Å². The van der Waals surface area contributed by atoms with Crippen LogP contribution < -0.4 is 14.7 Å². The van der Waals surface area contributed by atoms with Crippen LogP contribution in [0.1, 0.15) is 12.0 Å². The first-order valence-corrected chi connectivity index (χ1v) is 9.84. The number of benzene rings is 2. The Hall–Kier alpha value is -2.21. The molecule has 0 spiro atoms. The molecule has 2 aliphatic heterocycles. The van der Waals surface area contributed by atoms with Crippen molar-refractivity contribution in [2.45, 2.75) is 19.0 Å². The van der Waals surface area contributed by atoms with Crippen molar-refractivity contribution in [1.29, 1.82) is 0 Å². The summed E-state index contributed by atoms with van der Waals surface area (Å²) >= 11 is 5.92. The van der Waals surface area contributed by atoms with E-state index in [0.717, 1.165) is 32.7 Å². The summed E-state index contributed by atoms with van der Waals surface area (Å²) in [5.74, 6) is -0.192. The summed E-state index contributed by atoms with van der Waals surface area (Å²) in [5.41, 5.74) is 1.96. The molecule has 0 aliphatic carbocycles. The van der Waals surface area contributed by atoms with Gasteiger partial charge in [0, 0.05) is 10.6 Å². The average molecular weight is 386 g/mol. The largest absolute Gasteiger partial charge is 0.322 e. The minimum absolute atomic E-state index is 0.0798. The molecule has 2 amide bonds. The van der Waals surface area contributed by atoms with Crippen molar-refractivity contribution < 1.29 is 19.4 Å². The second kappa shape index (κ2) is 7.80. The molecule has 2 N–H and O–H groups in total. The zero-order valence-corrected chi connectivity index (χ0v) is 15.9. The Morgan fingerprint density at radius 1 is 0.926 bits per heavy atom. The first kappa shape index (κ1) is 18.2. The number of nitrogens with one attached hydrogen (secondary N) is 2. The molecule has 0 unspecified atom stereocenters. The van der Waals surface area contributed by atoms with E-state index in [0.29, 0.717) is 17.1 Å². The van der Waals surface area contributed by atoms with Crippen molar-refractivity contribution in [2.24, 2.45) is 0 Å². The quantitative estimate of drug-likeness (QED) is 0.725. The number of rotatable bonds is 4. The highest BCUT2D eigenvalue weighted by Crippen LogP contribution is 2.23. The van der Waals surface area contributed by atoms with Gasteiger partial charge in [0.1, 0.15) is 32.7 Å². The molecule has 2 saturated heterocycles. The number of imide groups is 1. The van der Waals surface area contributed by atoms with E-state index in [1.165, 1.54) is 20.3 Å². The van der Waals surface area contributed by atoms with Gasteiger partial charge in [0.25, 0.3) is 5.91 Å². The van der Waals surface area contributed by atoms with Crippen LogP contribution in [0.3, 0.4) is 0 Å². The number of carbonyl (C=O) groups is 2. The molecule has 2 fully saturated rings. The number of piperazine rings is 1. The lowest BCUT2D eigenvalue weighted by atomic mass is 10.1. The number of carbonyl (C=O) groups excluding carboxylic acids is 2. The summed E-state index contributed by atoms with van der Waals surface area (Å²) < 4.78 is 0. The number of amides is 2. The molecule has 4 rings (SSSR count). The summed E-state index contributed by atoms with van der Waals surface area (Å²) in [6.07, 6.45) is 0.296. The molecular weight excluding hydrogens is 362 g/mol. The van der Waals surface area contributed by atoms with Crippen LogP contribution >= 0.6 is 11.6 Å². The van der Waals surface area contributed by atoms with E-state index in [1.807, 2.05) is 6.07 Å². The van der Waals surface area contributed by atoms with Crippen molar-refractivity contribution in [3.8, 4) is 0 Å². The number of quaternary nitrogens is 2. The summed E-state index contributed by atoms with van der Waals surface area (Å²) in [7, 11) is 0. The lowest BCUT2D eigenvalue weighted by Gasteiger charge is -2.32. The second-order valence-corrected chi connectivity index (χ2v) is 7.81. The van der Waals surface area contributed by atoms with Crippen molar-refractivity contribution in [1.82, 2.24) is 0 Å². The monoisotopic (exact) mass is 385 g/mol. The highest BCUT2D eigenvalue weighted by atomic mass is 35.5. The van der Waals surface area contributed by atoms with E-state index in [1.54, 1.807) is 24.3 Å². The molecule has 0 radical (unpaired) electrons. The van der Waals surface area contributed by atoms with Crippen LogP contribution in [-0.2, 0) is 16.1 Å². The van der Waals surface area contributed by atoms with Gasteiger partial charge in [-0.2, -0.15) is 0 Å². The molecule has 27 heavy (non-hydrogen) atoms. The molecule has 0 saturated carbocycles. The predicted molar refractivity (Wildman–Crippen MR) is 104 cm³/mol. The molecule has 5 nitrogen and oxygen atoms in total. The van der Waals surface area contributed by atoms with E-state index in [2.05, 4.69) is 24.3 Å². The fraction of sp³-hybridized carbons (Fsp3) is 0.333. The minimum Gasteiger partial charge on any atom is -0.322 e. The number of halogens is 1. The van der Waals surface area contributed by atoms with Gasteiger partial charge in [0.15, 0.2) is 6.04 Å². The van der Waals surface area contributed by atoms with Crippen molar-refractivity contribution in [3.63, 3.8) is 0 Å². The summed E-state index contributed by atoms with van der Waals surface area (Å²) in [5, 5.41) is 0.595. The summed E-state index contributed by atoms with van der Waals surface area (Å²) in [4.78, 5) is 29.5. The SMILES string of the molecule is O=C1C[C@H]([NH+]2CC[NH+](Cc3ccccc3)CC2)C(=O)N1c1ccc(Cl)cc1. The molecular formula is C21H24ClN3O2+2. The maximum Gasteiger partial charge on any atom is 0.292 e. The maximum atomic E-state index is 12.9. The average Bonchev–Trinajstić information content (AvgIpc) is 2.98. The highest BCUT2D eigenvalue weighted by Gasteiger charge is 2.46. The van der Waals surface area contributed by atoms with E-state index >= 15 is 0 Å². The third-order valence-corrected chi connectivity index (χ3v) is 5.87. The Morgan fingerprint density at radius 3 is 2.26 bits per heavy atom. The Bertz CT molecular complexity index is 817. The third-order valence-electron chi connectivity index (χ3n) is 5.62. The van der Waals surface area contributed by atoms with Crippen LogP contribution in [0.2, 0.25) is 5.02 Å². The highest BCUT2D eigenvalue weighted by molar-refractivity contribution is 6.30. The van der Waals surface area contributed by atoms with Crippen molar-refractivity contribution >= 4 is 29.1 Å². The lowest BCUT2D eigenvalue weighted by Crippen LogP contribution is -3.29. The van der Waals surface area contributed by atoms with E-state index in [4.69, 9.17) is 11.6 Å². The number of nitrogens with zero attached hydrogens (tertiary/aromatic N) is 1. The maximum absolute atomic E-state index is 12.9. The summed E-state index contributed by atoms with van der Waals surface area (Å²) in [6, 6.07) is 17.1. The molecule has 6 heteroatoms. The van der Waals surface area contributed by atoms with Gasteiger partial charge in [-0.1, -0.05) is 41.9 Å². The van der Waals surface area contributed by atoms with Gasteiger partial charge >= 0.3 is 0 Å². The van der Waals surface area contributed by atoms with Gasteiger partial charge in [-0.25, -0.2) is 4.90 Å². The number of hydrogen-bond acceptors (Lipinski definition) is 2. The topological polar surface area (TPSA) is 46.3 Å². The number of anilines is 1. The summed E-state index contributed by atoms with van der Waals surface area (Å²) in [6.45, 7) is 4.88. The standard InChI is InChI=1S/C21H22ClN3O2/c22-17-6-8-18(9-7-17)25-20(26)14-19(21(25)27)24-12-10-23(11-13-24)15-16-4-2-1-3-5-16/h1-9,19H,10-15H2/p+2/t19-/m0/s1.